The molecule has 0 aliphatic carbocycles. The third-order valence-electron chi connectivity index (χ3n) is 2.83. The van der Waals surface area contributed by atoms with Crippen molar-refractivity contribution in [1.82, 2.24) is 0 Å². The lowest BCUT2D eigenvalue weighted by atomic mass is 10.2. The Kier molecular flexibility index (Phi) is 5.77. The highest BCUT2D eigenvalue weighted by molar-refractivity contribution is 6.42. The second-order valence-electron chi connectivity index (χ2n) is 4.32. The van der Waals surface area contributed by atoms with Crippen molar-refractivity contribution in [3.8, 4) is 11.5 Å². The first-order chi connectivity index (χ1) is 10.5. The highest BCUT2D eigenvalue weighted by Crippen LogP contribution is 2.36. The predicted molar refractivity (Wildman–Crippen MR) is 88.2 cm³/mol. The molecule has 0 heterocycles. The Bertz CT molecular complexity index is 705. The van der Waals surface area contributed by atoms with Gasteiger partial charge in [-0.25, -0.2) is 0 Å². The fraction of sp³-hybridized carbons (Fsp3) is 0.133. The lowest BCUT2D eigenvalue weighted by Gasteiger charge is -2.13. The Morgan fingerprint density at radius 3 is 2.50 bits per heavy atom. The summed E-state index contributed by atoms with van der Waals surface area (Å²) in [7, 11) is 1.50. The van der Waals surface area contributed by atoms with Crippen LogP contribution < -0.4 is 9.47 Å². The van der Waals surface area contributed by atoms with Crippen molar-refractivity contribution in [3.63, 3.8) is 0 Å². The number of rotatable bonds is 5. The lowest BCUT2D eigenvalue weighted by Crippen LogP contribution is -1.99. The van der Waals surface area contributed by atoms with Gasteiger partial charge in [-0.1, -0.05) is 46.0 Å². The van der Waals surface area contributed by atoms with Gasteiger partial charge in [0.15, 0.2) is 11.5 Å². The highest BCUT2D eigenvalue weighted by Gasteiger charge is 2.12. The first-order valence-electron chi connectivity index (χ1n) is 6.17. The van der Waals surface area contributed by atoms with E-state index >= 15 is 0 Å². The van der Waals surface area contributed by atoms with E-state index in [0.717, 1.165) is 5.56 Å². The molecule has 2 aromatic rings. The third-order valence-corrected chi connectivity index (χ3v) is 3.85. The molecule has 0 bridgehead atoms. The highest BCUT2D eigenvalue weighted by atomic mass is 35.5. The standard InChI is InChI=1S/C15H12Cl3NO3/c1-21-14-6-10(7-19-20)5-13(18)15(14)22-8-9-2-3-11(16)12(17)4-9/h2-7,20H,8H2,1H3. The van der Waals surface area contributed by atoms with Crippen LogP contribution in [0.2, 0.25) is 15.1 Å². The summed E-state index contributed by atoms with van der Waals surface area (Å²) in [5.41, 5.74) is 1.43. The van der Waals surface area contributed by atoms with E-state index in [9.17, 15) is 0 Å². The van der Waals surface area contributed by atoms with Crippen molar-refractivity contribution >= 4 is 41.0 Å². The molecule has 0 aliphatic heterocycles. The number of nitrogens with zero attached hydrogens (tertiary/aromatic N) is 1. The second-order valence-corrected chi connectivity index (χ2v) is 5.54. The summed E-state index contributed by atoms with van der Waals surface area (Å²) >= 11 is 18.0. The maximum atomic E-state index is 8.57. The lowest BCUT2D eigenvalue weighted by molar-refractivity contribution is 0.284. The second kappa shape index (κ2) is 7.58. The predicted octanol–water partition coefficient (Wildman–Crippen LogP) is 5.04. The Balaban J connectivity index is 2.23. The maximum absolute atomic E-state index is 8.57. The van der Waals surface area contributed by atoms with Crippen LogP contribution in [0.3, 0.4) is 0 Å². The summed E-state index contributed by atoms with van der Waals surface area (Å²) in [5, 5.41) is 12.8. The van der Waals surface area contributed by atoms with Gasteiger partial charge in [0.2, 0.25) is 0 Å². The average molecular weight is 361 g/mol. The number of hydrogen-bond acceptors (Lipinski definition) is 4. The Morgan fingerprint density at radius 2 is 1.86 bits per heavy atom. The van der Waals surface area contributed by atoms with E-state index < -0.39 is 0 Å². The summed E-state index contributed by atoms with van der Waals surface area (Å²) in [6.45, 7) is 0.250. The van der Waals surface area contributed by atoms with Crippen LogP contribution in [0.15, 0.2) is 35.5 Å². The van der Waals surface area contributed by atoms with Crippen LogP contribution in [0.5, 0.6) is 11.5 Å². The molecule has 0 aromatic heterocycles. The Labute approximate surface area is 142 Å². The summed E-state index contributed by atoms with van der Waals surface area (Å²) < 4.78 is 11.0. The van der Waals surface area contributed by atoms with Gasteiger partial charge in [-0.05, 0) is 29.8 Å². The molecule has 2 rings (SSSR count). The molecule has 4 nitrogen and oxygen atoms in total. The summed E-state index contributed by atoms with van der Waals surface area (Å²) in [4.78, 5) is 0. The van der Waals surface area contributed by atoms with Gasteiger partial charge in [0.1, 0.15) is 6.61 Å². The molecular formula is C15H12Cl3NO3. The third kappa shape index (κ3) is 3.97. The number of halogens is 3. The molecule has 1 N–H and O–H groups in total. The number of methoxy groups -OCH3 is 1. The molecule has 0 spiro atoms. The Hall–Kier alpha value is -1.62. The molecule has 0 fully saturated rings. The minimum Gasteiger partial charge on any atom is -0.493 e. The van der Waals surface area contributed by atoms with Crippen LogP contribution in [-0.2, 0) is 6.61 Å². The van der Waals surface area contributed by atoms with E-state index in [2.05, 4.69) is 5.16 Å². The molecule has 7 heteroatoms. The first kappa shape index (κ1) is 16.7. The van der Waals surface area contributed by atoms with Gasteiger partial charge in [-0.3, -0.25) is 0 Å². The van der Waals surface area contributed by atoms with Gasteiger partial charge in [0, 0.05) is 5.56 Å². The van der Waals surface area contributed by atoms with Crippen molar-refractivity contribution in [3.05, 3.63) is 56.5 Å². The van der Waals surface area contributed by atoms with E-state index in [1.807, 2.05) is 0 Å². The van der Waals surface area contributed by atoms with Crippen LogP contribution in [-0.4, -0.2) is 18.5 Å². The number of ether oxygens (including phenoxy) is 2. The molecule has 0 radical (unpaired) electrons. The average Bonchev–Trinajstić information content (AvgIpc) is 2.49. The molecule has 0 saturated carbocycles. The quantitative estimate of drug-likeness (QED) is 0.461. The zero-order chi connectivity index (χ0) is 16.1. The van der Waals surface area contributed by atoms with Crippen molar-refractivity contribution in [1.29, 1.82) is 0 Å². The molecule has 0 atom stereocenters. The molecule has 22 heavy (non-hydrogen) atoms. The van der Waals surface area contributed by atoms with Crippen LogP contribution in [0.4, 0.5) is 0 Å². The summed E-state index contributed by atoms with van der Waals surface area (Å²) in [5.74, 6) is 0.827. The van der Waals surface area contributed by atoms with Crippen molar-refractivity contribution < 1.29 is 14.7 Å². The van der Waals surface area contributed by atoms with E-state index in [4.69, 9.17) is 49.5 Å². The van der Waals surface area contributed by atoms with Crippen molar-refractivity contribution in [2.45, 2.75) is 6.61 Å². The minimum absolute atomic E-state index is 0.250. The van der Waals surface area contributed by atoms with E-state index in [0.29, 0.717) is 32.1 Å². The Morgan fingerprint density at radius 1 is 1.09 bits per heavy atom. The number of hydrogen-bond donors (Lipinski definition) is 1. The van der Waals surface area contributed by atoms with Crippen molar-refractivity contribution in [2.75, 3.05) is 7.11 Å². The van der Waals surface area contributed by atoms with E-state index in [1.165, 1.54) is 13.3 Å². The monoisotopic (exact) mass is 359 g/mol. The van der Waals surface area contributed by atoms with Gasteiger partial charge in [0.25, 0.3) is 0 Å². The molecule has 116 valence electrons. The fourth-order valence-corrected chi connectivity index (χ4v) is 2.40. The van der Waals surface area contributed by atoms with Crippen LogP contribution >= 0.6 is 34.8 Å². The van der Waals surface area contributed by atoms with Gasteiger partial charge in [0.05, 0.1) is 28.4 Å². The zero-order valence-corrected chi connectivity index (χ0v) is 13.8. The summed E-state index contributed by atoms with van der Waals surface area (Å²) in [6.07, 6.45) is 1.25. The molecule has 0 amide bonds. The van der Waals surface area contributed by atoms with Crippen molar-refractivity contribution in [2.24, 2.45) is 5.16 Å². The molecule has 0 aliphatic rings. The smallest absolute Gasteiger partial charge is 0.180 e. The minimum atomic E-state index is 0.250. The van der Waals surface area contributed by atoms with Crippen LogP contribution in [0.1, 0.15) is 11.1 Å². The van der Waals surface area contributed by atoms with Gasteiger partial charge in [-0.15, -0.1) is 0 Å². The summed E-state index contributed by atoms with van der Waals surface area (Å²) in [6, 6.07) is 8.48. The topological polar surface area (TPSA) is 51.0 Å². The van der Waals surface area contributed by atoms with Crippen LogP contribution in [0, 0.1) is 0 Å². The van der Waals surface area contributed by atoms with E-state index in [-0.39, 0.29) is 6.61 Å². The van der Waals surface area contributed by atoms with E-state index in [1.54, 1.807) is 30.3 Å². The normalized spacial score (nSPS) is 10.9. The molecule has 0 unspecified atom stereocenters. The zero-order valence-electron chi connectivity index (χ0n) is 11.5. The maximum Gasteiger partial charge on any atom is 0.180 e. The number of oxime groups is 1. The molecular weight excluding hydrogens is 349 g/mol. The van der Waals surface area contributed by atoms with Gasteiger partial charge in [-0.2, -0.15) is 0 Å². The SMILES string of the molecule is COc1cc(C=NO)cc(Cl)c1OCc1ccc(Cl)c(Cl)c1. The van der Waals surface area contributed by atoms with Crippen LogP contribution in [0.25, 0.3) is 0 Å². The largest absolute Gasteiger partial charge is 0.493 e. The number of benzene rings is 2. The molecule has 2 aromatic carbocycles. The fourth-order valence-electron chi connectivity index (χ4n) is 1.81. The van der Waals surface area contributed by atoms with Gasteiger partial charge >= 0.3 is 0 Å². The first-order valence-corrected chi connectivity index (χ1v) is 7.30. The van der Waals surface area contributed by atoms with Gasteiger partial charge < -0.3 is 14.7 Å². The molecule has 0 saturated heterocycles.